The zero-order chi connectivity index (χ0) is 6.69. The van der Waals surface area contributed by atoms with Gasteiger partial charge in [-0.3, -0.25) is 0 Å². The molecule has 1 aromatic heterocycles. The Bertz CT molecular complexity index is 198. The van der Waals surface area contributed by atoms with Crippen LogP contribution >= 0.6 is 11.6 Å². The van der Waals surface area contributed by atoms with E-state index in [1.54, 1.807) is 0 Å². The highest BCUT2D eigenvalue weighted by molar-refractivity contribution is 6.28. The highest BCUT2D eigenvalue weighted by Crippen LogP contribution is 1.97. The van der Waals surface area contributed by atoms with Crippen molar-refractivity contribution in [3.8, 4) is 0 Å². The lowest BCUT2D eigenvalue weighted by atomic mass is 10.5. The van der Waals surface area contributed by atoms with Crippen LogP contribution in [0.15, 0.2) is 24.4 Å². The maximum atomic E-state index is 5.79. The van der Waals surface area contributed by atoms with Crippen molar-refractivity contribution in [1.82, 2.24) is 0 Å². The molecule has 0 aliphatic carbocycles. The summed E-state index contributed by atoms with van der Waals surface area (Å²) in [4.78, 5) is 0. The number of hydrogen-bond acceptors (Lipinski definition) is 0. The fourth-order valence-electron chi connectivity index (χ4n) is 0.712. The van der Waals surface area contributed by atoms with Crippen LogP contribution in [0.4, 0.5) is 0 Å². The maximum Gasteiger partial charge on any atom is 0.274 e. The molecule has 48 valence electrons. The fourth-order valence-corrected chi connectivity index (χ4v) is 0.961. The van der Waals surface area contributed by atoms with Crippen molar-refractivity contribution < 1.29 is 4.57 Å². The van der Waals surface area contributed by atoms with Gasteiger partial charge in [-0.05, 0) is 24.6 Å². The van der Waals surface area contributed by atoms with Crippen LogP contribution in [0, 0.1) is 0 Å². The number of nitrogens with zero attached hydrogens (tertiary/aromatic N) is 1. The summed E-state index contributed by atoms with van der Waals surface area (Å²) in [5.74, 6) is 0. The number of aromatic nitrogens is 1. The zero-order valence-corrected chi connectivity index (χ0v) is 6.10. The van der Waals surface area contributed by atoms with Crippen molar-refractivity contribution in [3.05, 3.63) is 29.5 Å². The topological polar surface area (TPSA) is 3.88 Å². The van der Waals surface area contributed by atoms with E-state index in [4.69, 9.17) is 11.6 Å². The summed E-state index contributed by atoms with van der Waals surface area (Å²) < 4.78 is 1.97. The van der Waals surface area contributed by atoms with Crippen LogP contribution in [0.3, 0.4) is 0 Å². The Morgan fingerprint density at radius 2 is 2.33 bits per heavy atom. The second-order valence-corrected chi connectivity index (χ2v) is 2.20. The average Bonchev–Trinajstić information content (AvgIpc) is 1.89. The third-order valence-corrected chi connectivity index (χ3v) is 1.57. The predicted octanol–water partition coefficient (Wildman–Crippen LogP) is 1.65. The predicted molar refractivity (Wildman–Crippen MR) is 37.3 cm³/mol. The minimum atomic E-state index is 0.792. The van der Waals surface area contributed by atoms with Gasteiger partial charge in [-0.1, -0.05) is 0 Å². The molecule has 0 aliphatic heterocycles. The third-order valence-electron chi connectivity index (χ3n) is 1.23. The summed E-state index contributed by atoms with van der Waals surface area (Å²) in [6.45, 7) is 2.99. The molecule has 2 heteroatoms. The molecule has 0 fully saturated rings. The number of rotatable bonds is 1. The van der Waals surface area contributed by atoms with Gasteiger partial charge < -0.3 is 0 Å². The molecular weight excluding hydrogens is 134 g/mol. The summed E-state index contributed by atoms with van der Waals surface area (Å²) >= 11 is 5.79. The van der Waals surface area contributed by atoms with Crippen molar-refractivity contribution in [2.24, 2.45) is 0 Å². The minimum Gasteiger partial charge on any atom is -0.189 e. The highest BCUT2D eigenvalue weighted by atomic mass is 35.5. The molecule has 0 amide bonds. The van der Waals surface area contributed by atoms with E-state index in [9.17, 15) is 0 Å². The fraction of sp³-hybridized carbons (Fsp3) is 0.286. The Morgan fingerprint density at radius 3 is 2.78 bits per heavy atom. The van der Waals surface area contributed by atoms with Gasteiger partial charge in [-0.25, -0.2) is 0 Å². The largest absolute Gasteiger partial charge is 0.274 e. The first kappa shape index (κ1) is 6.56. The van der Waals surface area contributed by atoms with Crippen molar-refractivity contribution in [3.63, 3.8) is 0 Å². The van der Waals surface area contributed by atoms with Gasteiger partial charge in [0.2, 0.25) is 0 Å². The van der Waals surface area contributed by atoms with E-state index in [-0.39, 0.29) is 0 Å². The molecule has 0 unspecified atom stereocenters. The molecule has 0 spiro atoms. The Balaban J connectivity index is 3.01. The van der Waals surface area contributed by atoms with Gasteiger partial charge in [0.15, 0.2) is 6.20 Å². The van der Waals surface area contributed by atoms with Crippen molar-refractivity contribution in [2.75, 3.05) is 0 Å². The molecule has 1 rings (SSSR count). The molecule has 1 heterocycles. The van der Waals surface area contributed by atoms with Crippen LogP contribution < -0.4 is 4.57 Å². The molecule has 9 heavy (non-hydrogen) atoms. The number of aryl methyl sites for hydroxylation is 1. The van der Waals surface area contributed by atoms with Crippen LogP contribution in [-0.4, -0.2) is 0 Å². The molecule has 0 radical (unpaired) electrons. The molecule has 1 nitrogen and oxygen atoms in total. The smallest absolute Gasteiger partial charge is 0.189 e. The van der Waals surface area contributed by atoms with E-state index in [1.165, 1.54) is 0 Å². The van der Waals surface area contributed by atoms with Crippen molar-refractivity contribution >= 4 is 11.6 Å². The van der Waals surface area contributed by atoms with Crippen LogP contribution in [0.5, 0.6) is 0 Å². The molecular formula is C7H9ClN+. The van der Waals surface area contributed by atoms with E-state index >= 15 is 0 Å². The number of hydrogen-bond donors (Lipinski definition) is 0. The van der Waals surface area contributed by atoms with E-state index < -0.39 is 0 Å². The molecule has 0 N–H and O–H groups in total. The first-order valence-electron chi connectivity index (χ1n) is 2.98. The van der Waals surface area contributed by atoms with E-state index in [0.29, 0.717) is 0 Å². The van der Waals surface area contributed by atoms with Crippen LogP contribution in [0.1, 0.15) is 6.92 Å². The molecule has 0 aromatic carbocycles. The van der Waals surface area contributed by atoms with Gasteiger partial charge in [-0.2, -0.15) is 4.57 Å². The second kappa shape index (κ2) is 2.83. The average molecular weight is 143 g/mol. The van der Waals surface area contributed by atoms with E-state index in [0.717, 1.165) is 11.7 Å². The molecule has 0 saturated heterocycles. The summed E-state index contributed by atoms with van der Waals surface area (Å²) in [5.41, 5.74) is 0. The summed E-state index contributed by atoms with van der Waals surface area (Å²) in [7, 11) is 0. The molecule has 0 atom stereocenters. The summed E-state index contributed by atoms with van der Waals surface area (Å²) in [6.07, 6.45) is 1.96. The zero-order valence-electron chi connectivity index (χ0n) is 5.34. The second-order valence-electron chi connectivity index (χ2n) is 1.81. The monoisotopic (exact) mass is 142 g/mol. The van der Waals surface area contributed by atoms with Crippen molar-refractivity contribution in [1.29, 1.82) is 0 Å². The summed E-state index contributed by atoms with van der Waals surface area (Å²) in [5, 5.41) is 0.792. The standard InChI is InChI=1S/C7H9ClN/c1-2-9-6-4-3-5-7(9)8/h3-6H,2H2,1H3/q+1. The highest BCUT2D eigenvalue weighted by Gasteiger charge is 1.99. The van der Waals surface area contributed by atoms with Crippen LogP contribution in [0.25, 0.3) is 0 Å². The normalized spacial score (nSPS) is 9.56. The maximum absolute atomic E-state index is 5.79. The minimum absolute atomic E-state index is 0.792. The van der Waals surface area contributed by atoms with Gasteiger partial charge >= 0.3 is 0 Å². The Morgan fingerprint density at radius 1 is 1.56 bits per heavy atom. The third kappa shape index (κ3) is 1.42. The number of pyridine rings is 1. The van der Waals surface area contributed by atoms with Crippen molar-refractivity contribution in [2.45, 2.75) is 13.5 Å². The Kier molecular flexibility index (Phi) is 2.06. The number of halogens is 1. The molecule has 0 bridgehead atoms. The van der Waals surface area contributed by atoms with Crippen LogP contribution in [0.2, 0.25) is 5.15 Å². The van der Waals surface area contributed by atoms with Gasteiger partial charge in [-0.15, -0.1) is 0 Å². The SMILES string of the molecule is CC[n+]1ccccc1Cl. The van der Waals surface area contributed by atoms with Gasteiger partial charge in [0.05, 0.1) is 0 Å². The lowest BCUT2D eigenvalue weighted by molar-refractivity contribution is -0.691. The van der Waals surface area contributed by atoms with Crippen LogP contribution in [-0.2, 0) is 6.54 Å². The lowest BCUT2D eigenvalue weighted by Crippen LogP contribution is -2.32. The molecule has 1 aromatic rings. The van der Waals surface area contributed by atoms with Gasteiger partial charge in [0, 0.05) is 12.1 Å². The lowest BCUT2D eigenvalue weighted by Gasteiger charge is -1.90. The Labute approximate surface area is 59.9 Å². The summed E-state index contributed by atoms with van der Waals surface area (Å²) in [6, 6.07) is 5.77. The van der Waals surface area contributed by atoms with E-state index in [1.807, 2.05) is 29.0 Å². The van der Waals surface area contributed by atoms with Gasteiger partial charge in [0.1, 0.15) is 6.54 Å². The first-order chi connectivity index (χ1) is 4.34. The first-order valence-corrected chi connectivity index (χ1v) is 3.36. The Hall–Kier alpha value is -0.560. The van der Waals surface area contributed by atoms with E-state index in [2.05, 4.69) is 6.92 Å². The molecule has 0 saturated carbocycles. The van der Waals surface area contributed by atoms with Gasteiger partial charge in [0.25, 0.3) is 5.15 Å². The molecule has 0 aliphatic rings. The quantitative estimate of drug-likeness (QED) is 0.415.